The van der Waals surface area contributed by atoms with Crippen LogP contribution in [0.25, 0.3) is 11.1 Å². The van der Waals surface area contributed by atoms with Gasteiger partial charge in [-0.15, -0.1) is 0 Å². The average molecular weight is 612 g/mol. The molecule has 0 saturated heterocycles. The lowest BCUT2D eigenvalue weighted by Crippen LogP contribution is -2.54. The van der Waals surface area contributed by atoms with Crippen molar-refractivity contribution in [3.63, 3.8) is 0 Å². The summed E-state index contributed by atoms with van der Waals surface area (Å²) in [4.78, 5) is 38.7. The lowest BCUT2D eigenvalue weighted by Gasteiger charge is -2.37. The predicted molar refractivity (Wildman–Crippen MR) is 175 cm³/mol. The average Bonchev–Trinajstić information content (AvgIpc) is 3.40. The summed E-state index contributed by atoms with van der Waals surface area (Å²) in [6.45, 7) is -1.01. The Balaban J connectivity index is 1.22. The highest BCUT2D eigenvalue weighted by Crippen LogP contribution is 2.44. The van der Waals surface area contributed by atoms with Crippen LogP contribution in [0.5, 0.6) is 0 Å². The number of fused-ring (bicyclic) bond motifs is 3. The molecule has 0 fully saturated rings. The van der Waals surface area contributed by atoms with Gasteiger partial charge in [-0.05, 0) is 38.9 Å². The number of nitrogens with zero attached hydrogens (tertiary/aromatic N) is 1. The lowest BCUT2D eigenvalue weighted by atomic mass is 9.77. The summed E-state index contributed by atoms with van der Waals surface area (Å²) in [5.41, 5.74) is 8.12. The van der Waals surface area contributed by atoms with E-state index in [4.69, 9.17) is 4.74 Å². The number of carbonyl (C=O) groups is 3. The smallest absolute Gasteiger partial charge is 0.421 e. The van der Waals surface area contributed by atoms with E-state index in [2.05, 4.69) is 10.7 Å². The fourth-order valence-corrected chi connectivity index (χ4v) is 6.26. The number of carboxylic acids is 1. The maximum absolute atomic E-state index is 13.9. The molecule has 0 radical (unpaired) electrons. The number of carbonyl (C=O) groups excluding carboxylic acids is 2. The minimum absolute atomic E-state index is 0.0477. The Bertz CT molecular complexity index is 1690. The van der Waals surface area contributed by atoms with E-state index in [1.54, 1.807) is 0 Å². The van der Waals surface area contributed by atoms with Gasteiger partial charge in [0, 0.05) is 5.92 Å². The highest BCUT2D eigenvalue weighted by Gasteiger charge is 2.38. The van der Waals surface area contributed by atoms with Gasteiger partial charge in [-0.3, -0.25) is 15.0 Å². The number of carboxylic acid groups (broad SMARTS) is 1. The minimum Gasteiger partial charge on any atom is -0.480 e. The third kappa shape index (κ3) is 6.24. The number of hydrazine groups is 1. The maximum Gasteiger partial charge on any atom is 0.421 e. The molecule has 0 aromatic heterocycles. The van der Waals surface area contributed by atoms with Gasteiger partial charge in [0.1, 0.15) is 18.7 Å². The van der Waals surface area contributed by atoms with E-state index in [0.29, 0.717) is 0 Å². The van der Waals surface area contributed by atoms with Crippen molar-refractivity contribution in [2.75, 3.05) is 19.7 Å². The van der Waals surface area contributed by atoms with Crippen LogP contribution in [0.3, 0.4) is 0 Å². The van der Waals surface area contributed by atoms with Crippen molar-refractivity contribution in [1.29, 1.82) is 0 Å². The number of nitrogens with one attached hydrogen (secondary N) is 2. The molecular formula is C38H33N3O5. The number of rotatable bonds is 11. The molecule has 0 atom stereocenters. The molecule has 0 heterocycles. The van der Waals surface area contributed by atoms with Crippen LogP contribution < -0.4 is 10.7 Å². The zero-order valence-electron chi connectivity index (χ0n) is 25.0. The third-order valence-electron chi connectivity index (χ3n) is 8.20. The van der Waals surface area contributed by atoms with Crippen molar-refractivity contribution >= 4 is 18.0 Å². The molecule has 0 spiro atoms. The SMILES string of the molecule is O=C(O)CN(CC(=O)NC(c1ccccc1)(c1ccccc1)c1ccccc1)NC(=O)OCC1c2ccccc2-c2ccccc21. The largest absolute Gasteiger partial charge is 0.480 e. The van der Waals surface area contributed by atoms with Crippen molar-refractivity contribution in [2.45, 2.75) is 11.5 Å². The zero-order valence-corrected chi connectivity index (χ0v) is 25.0. The normalized spacial score (nSPS) is 12.2. The third-order valence-corrected chi connectivity index (χ3v) is 8.20. The van der Waals surface area contributed by atoms with Gasteiger partial charge >= 0.3 is 12.1 Å². The van der Waals surface area contributed by atoms with E-state index in [1.165, 1.54) is 0 Å². The number of benzene rings is 5. The summed E-state index contributed by atoms with van der Waals surface area (Å²) in [7, 11) is 0. The van der Waals surface area contributed by atoms with Crippen molar-refractivity contribution < 1.29 is 24.2 Å². The molecule has 6 rings (SSSR count). The van der Waals surface area contributed by atoms with Gasteiger partial charge in [0.05, 0.1) is 6.54 Å². The Morgan fingerprint density at radius 3 is 1.52 bits per heavy atom. The quantitative estimate of drug-likeness (QED) is 0.126. The highest BCUT2D eigenvalue weighted by atomic mass is 16.6. The maximum atomic E-state index is 13.9. The van der Waals surface area contributed by atoms with Crippen molar-refractivity contribution in [1.82, 2.24) is 15.8 Å². The first-order chi connectivity index (χ1) is 22.5. The fraction of sp³-hybridized carbons (Fsp3) is 0.132. The zero-order chi connectivity index (χ0) is 31.9. The summed E-state index contributed by atoms with van der Waals surface area (Å²) in [5.74, 6) is -1.89. The molecule has 0 aliphatic heterocycles. The Morgan fingerprint density at radius 1 is 0.630 bits per heavy atom. The Kier molecular flexibility index (Phi) is 8.89. The van der Waals surface area contributed by atoms with Crippen molar-refractivity contribution in [3.05, 3.63) is 167 Å². The van der Waals surface area contributed by atoms with Crippen LogP contribution in [-0.4, -0.2) is 47.8 Å². The summed E-state index contributed by atoms with van der Waals surface area (Å²) < 4.78 is 5.63. The van der Waals surface area contributed by atoms with Crippen molar-refractivity contribution in [3.8, 4) is 11.1 Å². The molecule has 0 bridgehead atoms. The van der Waals surface area contributed by atoms with E-state index < -0.39 is 36.6 Å². The van der Waals surface area contributed by atoms with Gasteiger partial charge in [-0.25, -0.2) is 4.79 Å². The van der Waals surface area contributed by atoms with Gasteiger partial charge in [0.15, 0.2) is 0 Å². The fourth-order valence-electron chi connectivity index (χ4n) is 6.26. The molecule has 0 saturated carbocycles. The van der Waals surface area contributed by atoms with Crippen LogP contribution >= 0.6 is 0 Å². The summed E-state index contributed by atoms with van der Waals surface area (Å²) >= 11 is 0. The van der Waals surface area contributed by atoms with Gasteiger partial charge in [-0.2, -0.15) is 5.01 Å². The highest BCUT2D eigenvalue weighted by molar-refractivity contribution is 5.82. The first-order valence-corrected chi connectivity index (χ1v) is 15.0. The van der Waals surface area contributed by atoms with Gasteiger partial charge in [0.25, 0.3) is 0 Å². The monoisotopic (exact) mass is 611 g/mol. The second-order valence-electron chi connectivity index (χ2n) is 11.1. The Labute approximate surface area is 267 Å². The van der Waals surface area contributed by atoms with Crippen LogP contribution in [0.1, 0.15) is 33.7 Å². The van der Waals surface area contributed by atoms with E-state index in [-0.39, 0.29) is 12.5 Å². The second-order valence-corrected chi connectivity index (χ2v) is 11.1. The molecule has 8 nitrogen and oxygen atoms in total. The Morgan fingerprint density at radius 2 is 1.07 bits per heavy atom. The molecule has 1 aliphatic rings. The van der Waals surface area contributed by atoms with E-state index in [9.17, 15) is 19.5 Å². The first-order valence-electron chi connectivity index (χ1n) is 15.0. The summed E-state index contributed by atoms with van der Waals surface area (Å²) in [6.07, 6.45) is -0.851. The van der Waals surface area contributed by atoms with Crippen LogP contribution in [0, 0.1) is 0 Å². The first kappa shape index (κ1) is 30.3. The van der Waals surface area contributed by atoms with Crippen LogP contribution in [-0.2, 0) is 19.9 Å². The van der Waals surface area contributed by atoms with Gasteiger partial charge in [0.2, 0.25) is 5.91 Å². The molecule has 0 unspecified atom stereocenters. The van der Waals surface area contributed by atoms with E-state index in [0.717, 1.165) is 44.0 Å². The molecule has 2 amide bonds. The number of amides is 2. The Hall–Kier alpha value is -5.73. The van der Waals surface area contributed by atoms with Crippen LogP contribution in [0.15, 0.2) is 140 Å². The number of hydrogen-bond acceptors (Lipinski definition) is 5. The standard InChI is InChI=1S/C38H33N3O5/c42-35(39-38(27-14-4-1-5-15-27,28-16-6-2-7-17-28)29-18-8-3-9-19-29)24-41(25-36(43)44)40-37(45)46-26-34-32-22-12-10-20-30(32)31-21-11-13-23-33(31)34/h1-23,34H,24-26H2,(H,39,42)(H,40,45)(H,43,44). The van der Waals surface area contributed by atoms with Crippen LogP contribution in [0.4, 0.5) is 4.79 Å². The molecule has 230 valence electrons. The summed E-state index contributed by atoms with van der Waals surface area (Å²) in [5, 5.41) is 13.9. The summed E-state index contributed by atoms with van der Waals surface area (Å²) in [6, 6.07) is 44.7. The van der Waals surface area contributed by atoms with E-state index >= 15 is 0 Å². The number of aliphatic carboxylic acids is 1. The van der Waals surface area contributed by atoms with Crippen molar-refractivity contribution in [2.24, 2.45) is 0 Å². The van der Waals surface area contributed by atoms with E-state index in [1.807, 2.05) is 140 Å². The molecule has 3 N–H and O–H groups in total. The van der Waals surface area contributed by atoms with Gasteiger partial charge < -0.3 is 15.2 Å². The minimum atomic E-state index is -1.22. The number of ether oxygens (including phenoxy) is 1. The number of hydrogen-bond donors (Lipinski definition) is 3. The molecule has 1 aliphatic carbocycles. The molecule has 5 aromatic rings. The molecule has 5 aromatic carbocycles. The predicted octanol–water partition coefficient (Wildman–Crippen LogP) is 5.94. The second kappa shape index (κ2) is 13.5. The lowest BCUT2D eigenvalue weighted by molar-refractivity contribution is -0.139. The molecule has 8 heteroatoms. The van der Waals surface area contributed by atoms with Gasteiger partial charge in [-0.1, -0.05) is 140 Å². The molecular weight excluding hydrogens is 578 g/mol. The van der Waals surface area contributed by atoms with Crippen LogP contribution in [0.2, 0.25) is 0 Å². The molecule has 46 heavy (non-hydrogen) atoms. The topological polar surface area (TPSA) is 108 Å².